The van der Waals surface area contributed by atoms with Crippen LogP contribution in [-0.2, 0) is 16.0 Å². The van der Waals surface area contributed by atoms with E-state index in [9.17, 15) is 27.2 Å². The fourth-order valence-corrected chi connectivity index (χ4v) is 5.11. The first-order valence-electron chi connectivity index (χ1n) is 13.9. The fraction of sp³-hybridized carbons (Fsp3) is 0.355. The maximum atomic E-state index is 14.3. The molecule has 1 amide bonds. The molecule has 8 nitrogen and oxygen atoms in total. The Hall–Kier alpha value is -4.19. The van der Waals surface area contributed by atoms with E-state index in [1.807, 2.05) is 13.8 Å². The number of carboxylic acid groups (broad SMARTS) is 1. The van der Waals surface area contributed by atoms with Crippen LogP contribution in [0.4, 0.5) is 28.9 Å². The second-order valence-corrected chi connectivity index (χ2v) is 10.4. The van der Waals surface area contributed by atoms with Gasteiger partial charge in [-0.2, -0.15) is 0 Å². The lowest BCUT2D eigenvalue weighted by molar-refractivity contribution is -0.275. The van der Waals surface area contributed by atoms with E-state index in [-0.39, 0.29) is 24.8 Å². The van der Waals surface area contributed by atoms with Gasteiger partial charge in [0.05, 0.1) is 18.7 Å². The molecule has 3 aromatic carbocycles. The molecule has 2 N–H and O–H groups in total. The molecule has 1 fully saturated rings. The van der Waals surface area contributed by atoms with Crippen molar-refractivity contribution in [2.75, 3.05) is 23.9 Å². The lowest BCUT2D eigenvalue weighted by Crippen LogP contribution is -2.38. The number of carbonyl (C=O) groups excluding carboxylic acids is 1. The summed E-state index contributed by atoms with van der Waals surface area (Å²) in [6, 6.07) is 12.1. The van der Waals surface area contributed by atoms with Crippen molar-refractivity contribution in [1.82, 2.24) is 0 Å². The van der Waals surface area contributed by atoms with Gasteiger partial charge in [-0.1, -0.05) is 37.6 Å². The number of anilines is 2. The van der Waals surface area contributed by atoms with Crippen LogP contribution in [-0.4, -0.2) is 43.1 Å². The molecule has 5 rings (SSSR count). The first kappa shape index (κ1) is 32.7. The van der Waals surface area contributed by atoms with Gasteiger partial charge in [-0.25, -0.2) is 4.39 Å². The van der Waals surface area contributed by atoms with Crippen LogP contribution in [0, 0.1) is 11.7 Å². The number of methoxy groups -OCH3 is 1. The normalized spacial score (nSPS) is 17.8. The first-order chi connectivity index (χ1) is 20.9. The quantitative estimate of drug-likeness (QED) is 0.236. The molecule has 1 saturated carbocycles. The molecule has 0 spiro atoms. The Morgan fingerprint density at radius 2 is 1.70 bits per heavy atom. The Kier molecular flexibility index (Phi) is 10.1. The third-order valence-corrected chi connectivity index (χ3v) is 7.40. The number of alkyl halides is 3. The fourth-order valence-electron chi connectivity index (χ4n) is 4.98. The van der Waals surface area contributed by atoms with E-state index in [2.05, 4.69) is 10.1 Å². The van der Waals surface area contributed by atoms with Gasteiger partial charge in [-0.05, 0) is 48.6 Å². The van der Waals surface area contributed by atoms with Crippen molar-refractivity contribution >= 4 is 34.9 Å². The Labute approximate surface area is 256 Å². The summed E-state index contributed by atoms with van der Waals surface area (Å²) in [6.45, 7) is 4.10. The summed E-state index contributed by atoms with van der Waals surface area (Å²) in [5, 5.41) is 12.7. The minimum absolute atomic E-state index is 0.105. The number of hydrogen-bond acceptors (Lipinski definition) is 6. The van der Waals surface area contributed by atoms with Crippen LogP contribution in [0.25, 0.3) is 0 Å². The number of hydrogen-bond donors (Lipinski definition) is 2. The first-order valence-corrected chi connectivity index (χ1v) is 14.3. The summed E-state index contributed by atoms with van der Waals surface area (Å²) in [5.74, 6) is -3.29. The van der Waals surface area contributed by atoms with E-state index < -0.39 is 41.8 Å². The topological polar surface area (TPSA) is 97.3 Å². The SMILES string of the molecule is CC.COc1cc(NC(C(=O)N2CCc3cc(F)c(OC(F)(F)F)cc32)c2ccc(Cl)cc2)cc(OC2CC(C(=O)O)C2)c1. The number of amides is 1. The predicted octanol–water partition coefficient (Wildman–Crippen LogP) is 7.40. The van der Waals surface area contributed by atoms with Crippen LogP contribution >= 0.6 is 11.6 Å². The van der Waals surface area contributed by atoms with E-state index in [1.165, 1.54) is 12.0 Å². The molecule has 0 radical (unpaired) electrons. The van der Waals surface area contributed by atoms with Gasteiger partial charge in [0.2, 0.25) is 0 Å². The third-order valence-electron chi connectivity index (χ3n) is 7.14. The molecule has 0 aromatic heterocycles. The highest BCUT2D eigenvalue weighted by molar-refractivity contribution is 6.30. The summed E-state index contributed by atoms with van der Waals surface area (Å²) in [7, 11) is 1.45. The van der Waals surface area contributed by atoms with Crippen LogP contribution in [0.2, 0.25) is 5.02 Å². The van der Waals surface area contributed by atoms with Crippen molar-refractivity contribution in [2.24, 2.45) is 5.92 Å². The number of halogens is 5. The van der Waals surface area contributed by atoms with Gasteiger partial charge < -0.3 is 29.5 Å². The Morgan fingerprint density at radius 3 is 2.32 bits per heavy atom. The van der Waals surface area contributed by atoms with E-state index >= 15 is 0 Å². The number of carbonyl (C=O) groups is 2. The molecule has 1 heterocycles. The summed E-state index contributed by atoms with van der Waals surface area (Å²) in [4.78, 5) is 26.4. The third kappa shape index (κ3) is 7.65. The minimum atomic E-state index is -5.12. The number of nitrogens with zero attached hydrogens (tertiary/aromatic N) is 1. The van der Waals surface area contributed by atoms with Gasteiger partial charge in [-0.15, -0.1) is 13.2 Å². The van der Waals surface area contributed by atoms with Crippen LogP contribution < -0.4 is 24.4 Å². The molecule has 236 valence electrons. The average Bonchev–Trinajstić information content (AvgIpc) is 3.36. The lowest BCUT2D eigenvalue weighted by atomic mass is 9.82. The number of carboxylic acids is 1. The van der Waals surface area contributed by atoms with Gasteiger partial charge in [0.25, 0.3) is 5.91 Å². The molecule has 3 aromatic rings. The summed E-state index contributed by atoms with van der Waals surface area (Å²) in [6.07, 6.45) is -4.47. The summed E-state index contributed by atoms with van der Waals surface area (Å²) < 4.78 is 68.1. The van der Waals surface area contributed by atoms with E-state index in [0.29, 0.717) is 46.2 Å². The van der Waals surface area contributed by atoms with Crippen LogP contribution in [0.5, 0.6) is 17.2 Å². The van der Waals surface area contributed by atoms with Crippen molar-refractivity contribution < 1.29 is 46.5 Å². The molecule has 1 unspecified atom stereocenters. The molecule has 0 bridgehead atoms. The second-order valence-electron chi connectivity index (χ2n) is 9.97. The number of aliphatic carboxylic acids is 1. The maximum absolute atomic E-state index is 14.3. The highest BCUT2D eigenvalue weighted by Gasteiger charge is 2.37. The molecule has 1 aliphatic heterocycles. The molecule has 13 heteroatoms. The number of benzene rings is 3. The zero-order valence-electron chi connectivity index (χ0n) is 24.1. The van der Waals surface area contributed by atoms with E-state index in [1.54, 1.807) is 42.5 Å². The largest absolute Gasteiger partial charge is 0.573 e. The van der Waals surface area contributed by atoms with E-state index in [0.717, 1.165) is 12.1 Å². The summed E-state index contributed by atoms with van der Waals surface area (Å²) >= 11 is 6.07. The molecule has 44 heavy (non-hydrogen) atoms. The molecule has 1 aliphatic carbocycles. The number of rotatable bonds is 9. The number of fused-ring (bicyclic) bond motifs is 1. The van der Waals surface area contributed by atoms with Crippen molar-refractivity contribution in [1.29, 1.82) is 0 Å². The standard InChI is InChI=1S/C29H25ClF4N2O6.C2H6/c1-40-20-11-19(12-22(13-20)41-21-8-17(9-21)28(38)39)35-26(15-2-4-18(30)5-3-15)27(37)36-7-6-16-10-23(31)25(14-24(16)36)42-29(32,33)34;1-2/h2-5,10-14,17,21,26,35H,6-9H2,1H3,(H,38,39);1-2H3. The molecular formula is C31H31ClF4N2O6. The van der Waals surface area contributed by atoms with E-state index in [4.69, 9.17) is 26.2 Å². The van der Waals surface area contributed by atoms with Crippen LogP contribution in [0.1, 0.15) is 43.9 Å². The Balaban J connectivity index is 0.00000216. The maximum Gasteiger partial charge on any atom is 0.573 e. The van der Waals surface area contributed by atoms with Gasteiger partial charge >= 0.3 is 12.3 Å². The predicted molar refractivity (Wildman–Crippen MR) is 156 cm³/mol. The average molecular weight is 639 g/mol. The Morgan fingerprint density at radius 1 is 1.05 bits per heavy atom. The number of nitrogens with one attached hydrogen (secondary N) is 1. The molecule has 1 atom stereocenters. The summed E-state index contributed by atoms with van der Waals surface area (Å²) in [5.41, 5.74) is 1.39. The van der Waals surface area contributed by atoms with Gasteiger partial charge in [0.15, 0.2) is 11.6 Å². The van der Waals surface area contributed by atoms with Crippen LogP contribution in [0.3, 0.4) is 0 Å². The zero-order chi connectivity index (χ0) is 32.2. The highest BCUT2D eigenvalue weighted by atomic mass is 35.5. The van der Waals surface area contributed by atoms with Crippen molar-refractivity contribution in [3.8, 4) is 17.2 Å². The van der Waals surface area contributed by atoms with Crippen molar-refractivity contribution in [3.05, 3.63) is 76.6 Å². The molecule has 2 aliphatic rings. The van der Waals surface area contributed by atoms with Gasteiger partial charge in [0, 0.05) is 41.5 Å². The van der Waals surface area contributed by atoms with Crippen molar-refractivity contribution in [2.45, 2.75) is 51.6 Å². The van der Waals surface area contributed by atoms with Crippen LogP contribution in [0.15, 0.2) is 54.6 Å². The smallest absolute Gasteiger partial charge is 0.497 e. The van der Waals surface area contributed by atoms with Crippen molar-refractivity contribution in [3.63, 3.8) is 0 Å². The zero-order valence-corrected chi connectivity index (χ0v) is 24.8. The van der Waals surface area contributed by atoms with Gasteiger partial charge in [-0.3, -0.25) is 9.59 Å². The monoisotopic (exact) mass is 638 g/mol. The second kappa shape index (κ2) is 13.6. The molecule has 0 saturated heterocycles. The number of ether oxygens (including phenoxy) is 3. The minimum Gasteiger partial charge on any atom is -0.497 e. The molecular weight excluding hydrogens is 608 g/mol. The highest BCUT2D eigenvalue weighted by Crippen LogP contribution is 2.39. The lowest BCUT2D eigenvalue weighted by Gasteiger charge is -2.32. The Bertz CT molecular complexity index is 1500. The van der Waals surface area contributed by atoms with Gasteiger partial charge in [0.1, 0.15) is 23.6 Å².